The first-order valence-corrected chi connectivity index (χ1v) is 5.48. The summed E-state index contributed by atoms with van der Waals surface area (Å²) in [5, 5.41) is 4.16. The number of aryl methyl sites for hydroxylation is 1. The van der Waals surface area contributed by atoms with Crippen molar-refractivity contribution in [2.24, 2.45) is 5.73 Å². The molecule has 0 unspecified atom stereocenters. The van der Waals surface area contributed by atoms with Gasteiger partial charge in [0.1, 0.15) is 5.76 Å². The second-order valence-electron chi connectivity index (χ2n) is 4.14. The molecule has 0 radical (unpaired) electrons. The van der Waals surface area contributed by atoms with Crippen molar-refractivity contribution >= 4 is 0 Å². The quantitative estimate of drug-likeness (QED) is 0.787. The lowest BCUT2D eigenvalue weighted by Crippen LogP contribution is -2.09. The third-order valence-corrected chi connectivity index (χ3v) is 3.21. The molecule has 1 aliphatic rings. The second kappa shape index (κ2) is 4.13. The van der Waals surface area contributed by atoms with Crippen molar-refractivity contribution in [3.8, 4) is 0 Å². The molecule has 0 bridgehead atoms. The van der Waals surface area contributed by atoms with Gasteiger partial charge in [0.15, 0.2) is 0 Å². The average molecular weight is 194 g/mol. The minimum Gasteiger partial charge on any atom is -0.361 e. The lowest BCUT2D eigenvalue weighted by molar-refractivity contribution is 0.367. The molecule has 3 nitrogen and oxygen atoms in total. The Morgan fingerprint density at radius 1 is 1.36 bits per heavy atom. The standard InChI is InChI=1S/C11H18N2O/c1-8-10(7-12)11(13-14-8)9-5-3-2-4-6-9/h9H,2-7,12H2,1H3. The van der Waals surface area contributed by atoms with Crippen LogP contribution in [0.1, 0.15) is 55.0 Å². The summed E-state index contributed by atoms with van der Waals surface area (Å²) in [6, 6.07) is 0. The Labute approximate surface area is 84.7 Å². The fourth-order valence-corrected chi connectivity index (χ4v) is 2.35. The van der Waals surface area contributed by atoms with E-state index in [0.717, 1.165) is 17.0 Å². The Morgan fingerprint density at radius 2 is 2.07 bits per heavy atom. The number of aromatic nitrogens is 1. The average Bonchev–Trinajstić information content (AvgIpc) is 2.61. The Morgan fingerprint density at radius 3 is 2.71 bits per heavy atom. The first-order valence-electron chi connectivity index (χ1n) is 5.48. The number of hydrogen-bond acceptors (Lipinski definition) is 3. The van der Waals surface area contributed by atoms with Crippen LogP contribution < -0.4 is 5.73 Å². The van der Waals surface area contributed by atoms with Crippen LogP contribution in [0.3, 0.4) is 0 Å². The first-order chi connectivity index (χ1) is 6.83. The molecule has 1 aliphatic carbocycles. The molecule has 0 aromatic carbocycles. The number of rotatable bonds is 2. The highest BCUT2D eigenvalue weighted by Crippen LogP contribution is 2.34. The molecule has 1 fully saturated rings. The van der Waals surface area contributed by atoms with Crippen LogP contribution in [-0.4, -0.2) is 5.16 Å². The van der Waals surface area contributed by atoms with E-state index < -0.39 is 0 Å². The van der Waals surface area contributed by atoms with Crippen LogP contribution in [0.2, 0.25) is 0 Å². The largest absolute Gasteiger partial charge is 0.361 e. The Balaban J connectivity index is 2.21. The van der Waals surface area contributed by atoms with Crippen molar-refractivity contribution in [3.63, 3.8) is 0 Å². The van der Waals surface area contributed by atoms with E-state index in [1.54, 1.807) is 0 Å². The molecule has 0 aliphatic heterocycles. The molecule has 0 amide bonds. The third-order valence-electron chi connectivity index (χ3n) is 3.21. The molecular weight excluding hydrogens is 176 g/mol. The monoisotopic (exact) mass is 194 g/mol. The molecule has 2 rings (SSSR count). The molecule has 1 heterocycles. The summed E-state index contributed by atoms with van der Waals surface area (Å²) in [6.07, 6.45) is 6.50. The van der Waals surface area contributed by atoms with Crippen molar-refractivity contribution in [2.75, 3.05) is 0 Å². The van der Waals surface area contributed by atoms with Gasteiger partial charge in [0.2, 0.25) is 0 Å². The summed E-state index contributed by atoms with van der Waals surface area (Å²) >= 11 is 0. The Kier molecular flexibility index (Phi) is 2.87. The van der Waals surface area contributed by atoms with Gasteiger partial charge in [-0.2, -0.15) is 0 Å². The summed E-state index contributed by atoms with van der Waals surface area (Å²) in [4.78, 5) is 0. The highest BCUT2D eigenvalue weighted by atomic mass is 16.5. The maximum atomic E-state index is 5.70. The molecule has 78 valence electrons. The van der Waals surface area contributed by atoms with E-state index in [1.807, 2.05) is 6.92 Å². The molecule has 1 aromatic rings. The minimum absolute atomic E-state index is 0.557. The zero-order chi connectivity index (χ0) is 9.97. The lowest BCUT2D eigenvalue weighted by atomic mass is 9.85. The second-order valence-corrected chi connectivity index (χ2v) is 4.14. The molecule has 14 heavy (non-hydrogen) atoms. The summed E-state index contributed by atoms with van der Waals surface area (Å²) in [5.41, 5.74) is 7.97. The SMILES string of the molecule is Cc1onc(C2CCCCC2)c1CN. The van der Waals surface area contributed by atoms with E-state index in [1.165, 1.54) is 32.1 Å². The molecule has 2 N–H and O–H groups in total. The summed E-state index contributed by atoms with van der Waals surface area (Å²) in [7, 11) is 0. The summed E-state index contributed by atoms with van der Waals surface area (Å²) in [6.45, 7) is 2.50. The summed E-state index contributed by atoms with van der Waals surface area (Å²) < 4.78 is 5.21. The first kappa shape index (κ1) is 9.71. The van der Waals surface area contributed by atoms with Gasteiger partial charge in [-0.15, -0.1) is 0 Å². The van der Waals surface area contributed by atoms with Gasteiger partial charge >= 0.3 is 0 Å². The third kappa shape index (κ3) is 1.69. The molecule has 0 atom stereocenters. The molecule has 1 aromatic heterocycles. The number of nitrogens with zero attached hydrogens (tertiary/aromatic N) is 1. The highest BCUT2D eigenvalue weighted by molar-refractivity contribution is 5.25. The number of hydrogen-bond donors (Lipinski definition) is 1. The predicted molar refractivity (Wildman–Crippen MR) is 55.0 cm³/mol. The van der Waals surface area contributed by atoms with Gasteiger partial charge in [-0.25, -0.2) is 0 Å². The van der Waals surface area contributed by atoms with Gasteiger partial charge in [0.05, 0.1) is 5.69 Å². The van der Waals surface area contributed by atoms with Crippen LogP contribution in [0.15, 0.2) is 4.52 Å². The molecule has 1 saturated carbocycles. The smallest absolute Gasteiger partial charge is 0.138 e. The molecule has 3 heteroatoms. The normalized spacial score (nSPS) is 18.7. The van der Waals surface area contributed by atoms with Gasteiger partial charge in [-0.1, -0.05) is 24.4 Å². The number of nitrogens with two attached hydrogens (primary N) is 1. The van der Waals surface area contributed by atoms with E-state index in [9.17, 15) is 0 Å². The maximum absolute atomic E-state index is 5.70. The van der Waals surface area contributed by atoms with E-state index in [2.05, 4.69) is 5.16 Å². The van der Waals surface area contributed by atoms with Crippen molar-refractivity contribution in [2.45, 2.75) is 51.5 Å². The molecule has 0 saturated heterocycles. The maximum Gasteiger partial charge on any atom is 0.138 e. The van der Waals surface area contributed by atoms with Crippen LogP contribution in [-0.2, 0) is 6.54 Å². The van der Waals surface area contributed by atoms with E-state index in [0.29, 0.717) is 12.5 Å². The van der Waals surface area contributed by atoms with Gasteiger partial charge in [0, 0.05) is 18.0 Å². The van der Waals surface area contributed by atoms with Crippen molar-refractivity contribution in [1.29, 1.82) is 0 Å². The molecule has 0 spiro atoms. The minimum atomic E-state index is 0.557. The van der Waals surface area contributed by atoms with Crippen molar-refractivity contribution in [1.82, 2.24) is 5.16 Å². The van der Waals surface area contributed by atoms with Crippen LogP contribution >= 0.6 is 0 Å². The van der Waals surface area contributed by atoms with Gasteiger partial charge < -0.3 is 10.3 Å². The van der Waals surface area contributed by atoms with Gasteiger partial charge in [-0.05, 0) is 19.8 Å². The fourth-order valence-electron chi connectivity index (χ4n) is 2.35. The van der Waals surface area contributed by atoms with Crippen LogP contribution in [0.5, 0.6) is 0 Å². The molecular formula is C11H18N2O. The zero-order valence-corrected chi connectivity index (χ0v) is 8.75. The van der Waals surface area contributed by atoms with E-state index in [-0.39, 0.29) is 0 Å². The highest BCUT2D eigenvalue weighted by Gasteiger charge is 2.22. The topological polar surface area (TPSA) is 52.0 Å². The predicted octanol–water partition coefficient (Wildman–Crippen LogP) is 2.49. The van der Waals surface area contributed by atoms with Crippen molar-refractivity contribution in [3.05, 3.63) is 17.0 Å². The van der Waals surface area contributed by atoms with Crippen LogP contribution in [0, 0.1) is 6.92 Å². The zero-order valence-electron chi connectivity index (χ0n) is 8.75. The summed E-state index contributed by atoms with van der Waals surface area (Å²) in [5.74, 6) is 1.49. The van der Waals surface area contributed by atoms with E-state index >= 15 is 0 Å². The van der Waals surface area contributed by atoms with Gasteiger partial charge in [-0.3, -0.25) is 0 Å². The Hall–Kier alpha value is -0.830. The van der Waals surface area contributed by atoms with Crippen molar-refractivity contribution < 1.29 is 4.52 Å². The Bertz CT molecular complexity index is 300. The van der Waals surface area contributed by atoms with Crippen LogP contribution in [0.4, 0.5) is 0 Å². The van der Waals surface area contributed by atoms with Crippen LogP contribution in [0.25, 0.3) is 0 Å². The lowest BCUT2D eigenvalue weighted by Gasteiger charge is -2.20. The fraction of sp³-hybridized carbons (Fsp3) is 0.727. The van der Waals surface area contributed by atoms with Gasteiger partial charge in [0.25, 0.3) is 0 Å². The van der Waals surface area contributed by atoms with E-state index in [4.69, 9.17) is 10.3 Å².